The van der Waals surface area contributed by atoms with Crippen LogP contribution in [-0.4, -0.2) is 104 Å². The molecule has 2 aliphatic heterocycles. The van der Waals surface area contributed by atoms with Crippen molar-refractivity contribution in [3.05, 3.63) is 18.2 Å². The van der Waals surface area contributed by atoms with E-state index in [-0.39, 0.29) is 12.1 Å². The van der Waals surface area contributed by atoms with Crippen molar-refractivity contribution < 1.29 is 19.1 Å². The first-order chi connectivity index (χ1) is 14.7. The van der Waals surface area contributed by atoms with Crippen LogP contribution in [0.3, 0.4) is 0 Å². The summed E-state index contributed by atoms with van der Waals surface area (Å²) in [4.78, 5) is 36.7. The molecule has 0 radical (unpaired) electrons. The van der Waals surface area contributed by atoms with E-state index in [1.165, 1.54) is 0 Å². The number of urea groups is 2. The van der Waals surface area contributed by atoms with Crippen LogP contribution in [0.1, 0.15) is 0 Å². The Balaban J connectivity index is 1.57. The molecular formula is C19H27Cl2N5O4. The molecule has 0 saturated carbocycles. The first-order valence-electron chi connectivity index (χ1n) is 10.0. The van der Waals surface area contributed by atoms with Crippen molar-refractivity contribution in [2.75, 3.05) is 87.3 Å². The number of carbonyl (C=O) groups excluding carboxylic acids is 2. The molecule has 3 heterocycles. The van der Waals surface area contributed by atoms with Crippen molar-refractivity contribution in [3.63, 3.8) is 0 Å². The highest BCUT2D eigenvalue weighted by Gasteiger charge is 2.33. The minimum atomic E-state index is -0.111. The Bertz CT molecular complexity index is 671. The molecule has 166 valence electrons. The number of hydrogen-bond donors (Lipinski definition) is 0. The first kappa shape index (κ1) is 22.9. The van der Waals surface area contributed by atoms with E-state index in [0.29, 0.717) is 89.1 Å². The van der Waals surface area contributed by atoms with Gasteiger partial charge in [0.15, 0.2) is 0 Å². The van der Waals surface area contributed by atoms with Crippen LogP contribution < -0.4 is 9.80 Å². The molecule has 0 aliphatic carbocycles. The summed E-state index contributed by atoms with van der Waals surface area (Å²) >= 11 is 11.2. The van der Waals surface area contributed by atoms with Crippen LogP contribution in [0, 0.1) is 0 Å². The van der Waals surface area contributed by atoms with Crippen molar-refractivity contribution in [1.82, 2.24) is 14.8 Å². The molecular weight excluding hydrogens is 433 g/mol. The van der Waals surface area contributed by atoms with Gasteiger partial charge in [-0.2, -0.15) is 0 Å². The van der Waals surface area contributed by atoms with Crippen LogP contribution in [0.5, 0.6) is 0 Å². The maximum absolute atomic E-state index is 12.7. The predicted octanol–water partition coefficient (Wildman–Crippen LogP) is 2.08. The highest BCUT2D eigenvalue weighted by atomic mass is 35.5. The van der Waals surface area contributed by atoms with Gasteiger partial charge in [0, 0.05) is 51.0 Å². The molecule has 1 aromatic heterocycles. The van der Waals surface area contributed by atoms with E-state index >= 15 is 0 Å². The third-order valence-electron chi connectivity index (χ3n) is 4.92. The van der Waals surface area contributed by atoms with Crippen LogP contribution in [0.25, 0.3) is 0 Å². The van der Waals surface area contributed by atoms with E-state index in [2.05, 4.69) is 4.98 Å². The topological polar surface area (TPSA) is 78.5 Å². The zero-order chi connectivity index (χ0) is 21.3. The van der Waals surface area contributed by atoms with Gasteiger partial charge in [-0.15, -0.1) is 23.2 Å². The Morgan fingerprint density at radius 2 is 1.23 bits per heavy atom. The fourth-order valence-electron chi connectivity index (χ4n) is 3.38. The van der Waals surface area contributed by atoms with Crippen LogP contribution in [-0.2, 0) is 9.47 Å². The van der Waals surface area contributed by atoms with Gasteiger partial charge in [0.25, 0.3) is 0 Å². The van der Waals surface area contributed by atoms with Gasteiger partial charge in [-0.1, -0.05) is 6.07 Å². The standard InChI is InChI=1S/C19H27Cl2N5O4/c20-4-12-29-14-10-23-6-8-25(18(23)27)16-2-1-3-17(22-16)26-9-7-24(19(26)28)11-15-30-13-5-21/h1-3H,4-15H2. The summed E-state index contributed by atoms with van der Waals surface area (Å²) in [6.45, 7) is 5.16. The largest absolute Gasteiger partial charge is 0.378 e. The Labute approximate surface area is 186 Å². The lowest BCUT2D eigenvalue weighted by Crippen LogP contribution is -2.36. The highest BCUT2D eigenvalue weighted by Crippen LogP contribution is 2.24. The summed E-state index contributed by atoms with van der Waals surface area (Å²) in [7, 11) is 0. The number of alkyl halides is 2. The maximum Gasteiger partial charge on any atom is 0.325 e. The second kappa shape index (κ2) is 11.5. The van der Waals surface area contributed by atoms with Crippen molar-refractivity contribution in [3.8, 4) is 0 Å². The van der Waals surface area contributed by atoms with E-state index < -0.39 is 0 Å². The number of pyridine rings is 1. The normalized spacial score (nSPS) is 17.0. The zero-order valence-electron chi connectivity index (χ0n) is 16.8. The van der Waals surface area contributed by atoms with Gasteiger partial charge >= 0.3 is 12.1 Å². The molecule has 2 saturated heterocycles. The van der Waals surface area contributed by atoms with Gasteiger partial charge in [0.05, 0.1) is 26.4 Å². The van der Waals surface area contributed by atoms with E-state index in [0.717, 1.165) is 0 Å². The molecule has 0 atom stereocenters. The average Bonchev–Trinajstić information content (AvgIpc) is 3.31. The first-order valence-corrected chi connectivity index (χ1v) is 11.1. The molecule has 3 rings (SSSR count). The minimum absolute atomic E-state index is 0.111. The fraction of sp³-hybridized carbons (Fsp3) is 0.632. The lowest BCUT2D eigenvalue weighted by Gasteiger charge is -2.21. The summed E-state index contributed by atoms with van der Waals surface area (Å²) in [5.41, 5.74) is 0. The summed E-state index contributed by atoms with van der Waals surface area (Å²) < 4.78 is 10.7. The number of amides is 4. The second-order valence-electron chi connectivity index (χ2n) is 6.80. The zero-order valence-corrected chi connectivity index (χ0v) is 18.4. The number of nitrogens with zero attached hydrogens (tertiary/aromatic N) is 5. The number of rotatable bonds is 12. The van der Waals surface area contributed by atoms with Gasteiger partial charge in [-0.25, -0.2) is 14.6 Å². The van der Waals surface area contributed by atoms with Gasteiger partial charge < -0.3 is 19.3 Å². The number of ether oxygens (including phenoxy) is 2. The van der Waals surface area contributed by atoms with Gasteiger partial charge in [-0.05, 0) is 12.1 Å². The molecule has 0 aromatic carbocycles. The third kappa shape index (κ3) is 5.66. The number of anilines is 2. The number of aromatic nitrogens is 1. The summed E-state index contributed by atoms with van der Waals surface area (Å²) in [5.74, 6) is 1.95. The third-order valence-corrected chi connectivity index (χ3v) is 5.23. The molecule has 0 N–H and O–H groups in total. The quantitative estimate of drug-likeness (QED) is 0.353. The Hall–Kier alpha value is -1.81. The van der Waals surface area contributed by atoms with Crippen LogP contribution in [0.2, 0.25) is 0 Å². The van der Waals surface area contributed by atoms with Crippen LogP contribution in [0.15, 0.2) is 18.2 Å². The molecule has 9 nitrogen and oxygen atoms in total. The van der Waals surface area contributed by atoms with Crippen molar-refractivity contribution >= 4 is 46.9 Å². The average molecular weight is 460 g/mol. The molecule has 2 aliphatic rings. The smallest absolute Gasteiger partial charge is 0.325 e. The Morgan fingerprint density at radius 1 is 0.767 bits per heavy atom. The lowest BCUT2D eigenvalue weighted by atomic mass is 10.4. The van der Waals surface area contributed by atoms with Crippen molar-refractivity contribution in [2.24, 2.45) is 0 Å². The van der Waals surface area contributed by atoms with Crippen molar-refractivity contribution in [2.45, 2.75) is 0 Å². The fourth-order valence-corrected chi connectivity index (χ4v) is 3.60. The van der Waals surface area contributed by atoms with Crippen LogP contribution in [0.4, 0.5) is 21.2 Å². The highest BCUT2D eigenvalue weighted by molar-refractivity contribution is 6.18. The Kier molecular flexibility index (Phi) is 8.80. The van der Waals surface area contributed by atoms with Crippen molar-refractivity contribution in [1.29, 1.82) is 0 Å². The molecule has 0 spiro atoms. The van der Waals surface area contributed by atoms with E-state index in [4.69, 9.17) is 32.7 Å². The Morgan fingerprint density at radius 3 is 1.67 bits per heavy atom. The number of carbonyl (C=O) groups is 2. The molecule has 11 heteroatoms. The second-order valence-corrected chi connectivity index (χ2v) is 7.56. The molecule has 0 unspecified atom stereocenters. The summed E-state index contributed by atoms with van der Waals surface area (Å²) in [6, 6.07) is 5.16. The SMILES string of the molecule is O=C1N(CCOCCCl)CCN1c1cccc(N2CCN(CCOCCCl)C2=O)n1. The van der Waals surface area contributed by atoms with Gasteiger partial charge in [-0.3, -0.25) is 9.80 Å². The minimum Gasteiger partial charge on any atom is -0.378 e. The molecule has 2 fully saturated rings. The predicted molar refractivity (Wildman–Crippen MR) is 116 cm³/mol. The van der Waals surface area contributed by atoms with E-state index in [1.807, 2.05) is 6.07 Å². The molecule has 0 bridgehead atoms. The lowest BCUT2D eigenvalue weighted by molar-refractivity contribution is 0.128. The number of halogens is 2. The molecule has 4 amide bonds. The summed E-state index contributed by atoms with van der Waals surface area (Å²) in [6.07, 6.45) is 0. The molecule has 30 heavy (non-hydrogen) atoms. The molecule has 1 aromatic rings. The van der Waals surface area contributed by atoms with E-state index in [1.54, 1.807) is 31.7 Å². The van der Waals surface area contributed by atoms with Crippen LogP contribution >= 0.6 is 23.2 Å². The maximum atomic E-state index is 12.7. The number of hydrogen-bond acceptors (Lipinski definition) is 5. The van der Waals surface area contributed by atoms with Gasteiger partial charge in [0.2, 0.25) is 0 Å². The summed E-state index contributed by atoms with van der Waals surface area (Å²) in [5, 5.41) is 0. The van der Waals surface area contributed by atoms with Gasteiger partial charge in [0.1, 0.15) is 11.6 Å². The monoisotopic (exact) mass is 459 g/mol. The van der Waals surface area contributed by atoms with E-state index in [9.17, 15) is 9.59 Å².